The van der Waals surface area contributed by atoms with E-state index in [-0.39, 0.29) is 11.2 Å². The van der Waals surface area contributed by atoms with Crippen LogP contribution in [0.3, 0.4) is 0 Å². The Morgan fingerprint density at radius 1 is 1.16 bits per heavy atom. The van der Waals surface area contributed by atoms with Crippen molar-refractivity contribution in [2.24, 2.45) is 45.8 Å². The predicted octanol–water partition coefficient (Wildman–Crippen LogP) is 7.12. The number of Topliss-reactive ketones (excluding diaryl/α,β-unsaturated/α-hetero) is 1. The summed E-state index contributed by atoms with van der Waals surface area (Å²) in [5.41, 5.74) is 2.71. The minimum atomic E-state index is -0.796. The summed E-state index contributed by atoms with van der Waals surface area (Å²) in [5, 5.41) is 10.7. The summed E-state index contributed by atoms with van der Waals surface area (Å²) in [6, 6.07) is 0. The standard InChI is InChI=1S/C29H46O2/c1-18(2)9-8-10-19(3)21-12-13-22-20-11-14-25-27(4,5)26(31)24(30)17-29(25,7)23(20)15-16-28(21,22)6/h9,14,19-24,30H,8,10-13,15-17H2,1-7H3/t19-,20+,21-,22+,23+,24-,28-,29-/m1/s1. The molecule has 4 rings (SSSR count). The predicted molar refractivity (Wildman–Crippen MR) is 129 cm³/mol. The molecule has 8 atom stereocenters. The van der Waals surface area contributed by atoms with Crippen molar-refractivity contribution in [3.63, 3.8) is 0 Å². The van der Waals surface area contributed by atoms with Crippen molar-refractivity contribution in [2.45, 2.75) is 106 Å². The molecule has 0 aromatic heterocycles. The molecular weight excluding hydrogens is 380 g/mol. The van der Waals surface area contributed by atoms with Gasteiger partial charge in [-0.05, 0) is 119 Å². The van der Waals surface area contributed by atoms with E-state index in [9.17, 15) is 9.90 Å². The SMILES string of the molecule is CC(C)=CCC[C@@H](C)[C@H]1CC[C@H]2[C@@H]3CC=C4C(C)(C)C(=O)[C@H](O)C[C@]4(C)[C@H]3CC[C@]12C. The van der Waals surface area contributed by atoms with E-state index in [0.717, 1.165) is 30.1 Å². The molecule has 4 aliphatic carbocycles. The van der Waals surface area contributed by atoms with Gasteiger partial charge in [-0.2, -0.15) is 0 Å². The van der Waals surface area contributed by atoms with E-state index in [4.69, 9.17) is 0 Å². The third-order valence-electron chi connectivity index (χ3n) is 10.6. The number of hydrogen-bond donors (Lipinski definition) is 1. The maximum atomic E-state index is 12.8. The molecule has 2 nitrogen and oxygen atoms in total. The van der Waals surface area contributed by atoms with E-state index < -0.39 is 11.5 Å². The van der Waals surface area contributed by atoms with Crippen LogP contribution in [0, 0.1) is 45.8 Å². The van der Waals surface area contributed by atoms with Gasteiger partial charge in [0.1, 0.15) is 6.10 Å². The summed E-state index contributed by atoms with van der Waals surface area (Å²) in [7, 11) is 0. The second kappa shape index (κ2) is 7.86. The first-order valence-electron chi connectivity index (χ1n) is 13.0. The number of allylic oxidation sites excluding steroid dienone is 4. The fourth-order valence-corrected chi connectivity index (χ4v) is 9.18. The molecule has 0 aromatic carbocycles. The van der Waals surface area contributed by atoms with Crippen molar-refractivity contribution in [3.8, 4) is 0 Å². The highest BCUT2D eigenvalue weighted by atomic mass is 16.3. The Hall–Kier alpha value is -0.890. The zero-order valence-electron chi connectivity index (χ0n) is 21.1. The molecule has 0 aromatic rings. The molecule has 3 fully saturated rings. The number of aliphatic hydroxyl groups excluding tert-OH is 1. The van der Waals surface area contributed by atoms with E-state index in [0.29, 0.717) is 17.8 Å². The highest BCUT2D eigenvalue weighted by molar-refractivity contribution is 5.92. The molecule has 0 unspecified atom stereocenters. The number of rotatable bonds is 4. The largest absolute Gasteiger partial charge is 0.385 e. The number of aliphatic hydroxyl groups is 1. The van der Waals surface area contributed by atoms with Crippen molar-refractivity contribution >= 4 is 5.78 Å². The molecule has 4 aliphatic rings. The van der Waals surface area contributed by atoms with E-state index >= 15 is 0 Å². The lowest BCUT2D eigenvalue weighted by molar-refractivity contribution is -0.145. The monoisotopic (exact) mass is 426 g/mol. The smallest absolute Gasteiger partial charge is 0.170 e. The van der Waals surface area contributed by atoms with Gasteiger partial charge in [-0.3, -0.25) is 4.79 Å². The number of ketones is 1. The summed E-state index contributed by atoms with van der Waals surface area (Å²) >= 11 is 0. The van der Waals surface area contributed by atoms with Gasteiger partial charge in [-0.1, -0.05) is 44.1 Å². The molecule has 0 heterocycles. The zero-order valence-corrected chi connectivity index (χ0v) is 21.1. The fraction of sp³-hybridized carbons (Fsp3) is 0.828. The molecule has 2 heteroatoms. The van der Waals surface area contributed by atoms with Gasteiger partial charge in [0.2, 0.25) is 0 Å². The van der Waals surface area contributed by atoms with Crippen LogP contribution in [0.25, 0.3) is 0 Å². The molecular formula is C29H46O2. The highest BCUT2D eigenvalue weighted by Crippen LogP contribution is 2.68. The van der Waals surface area contributed by atoms with Crippen LogP contribution in [0.2, 0.25) is 0 Å². The van der Waals surface area contributed by atoms with Crippen LogP contribution in [0.1, 0.15) is 99.8 Å². The van der Waals surface area contributed by atoms with Crippen molar-refractivity contribution in [1.29, 1.82) is 0 Å². The Bertz CT molecular complexity index is 785. The molecule has 0 bridgehead atoms. The van der Waals surface area contributed by atoms with Gasteiger partial charge in [-0.25, -0.2) is 0 Å². The third-order valence-corrected chi connectivity index (χ3v) is 10.6. The summed E-state index contributed by atoms with van der Waals surface area (Å²) in [6.45, 7) is 16.0. The van der Waals surface area contributed by atoms with Crippen LogP contribution >= 0.6 is 0 Å². The lowest BCUT2D eigenvalue weighted by Gasteiger charge is -2.60. The number of carbonyl (C=O) groups is 1. The van der Waals surface area contributed by atoms with Gasteiger partial charge in [0.15, 0.2) is 5.78 Å². The van der Waals surface area contributed by atoms with Crippen LogP contribution in [-0.4, -0.2) is 17.0 Å². The first kappa shape index (κ1) is 23.3. The number of fused-ring (bicyclic) bond motifs is 5. The molecule has 31 heavy (non-hydrogen) atoms. The van der Waals surface area contributed by atoms with E-state index in [1.807, 2.05) is 0 Å². The number of carbonyl (C=O) groups excluding carboxylic acids is 1. The van der Waals surface area contributed by atoms with E-state index in [1.54, 1.807) is 0 Å². The lowest BCUT2D eigenvalue weighted by Crippen LogP contribution is -2.57. The molecule has 0 saturated heterocycles. The van der Waals surface area contributed by atoms with Gasteiger partial charge in [-0.15, -0.1) is 0 Å². The molecule has 0 aliphatic heterocycles. The van der Waals surface area contributed by atoms with Crippen molar-refractivity contribution in [3.05, 3.63) is 23.3 Å². The van der Waals surface area contributed by atoms with Gasteiger partial charge >= 0.3 is 0 Å². The Morgan fingerprint density at radius 3 is 2.55 bits per heavy atom. The quantitative estimate of drug-likeness (QED) is 0.486. The van der Waals surface area contributed by atoms with Crippen molar-refractivity contribution in [1.82, 2.24) is 0 Å². The van der Waals surface area contributed by atoms with Crippen LogP contribution in [-0.2, 0) is 4.79 Å². The van der Waals surface area contributed by atoms with Crippen molar-refractivity contribution < 1.29 is 9.90 Å². The van der Waals surface area contributed by atoms with Gasteiger partial charge in [0.05, 0.1) is 0 Å². The van der Waals surface area contributed by atoms with Gasteiger partial charge in [0, 0.05) is 5.41 Å². The maximum absolute atomic E-state index is 12.8. The first-order valence-corrected chi connectivity index (χ1v) is 13.0. The average Bonchev–Trinajstić information content (AvgIpc) is 3.03. The lowest BCUT2D eigenvalue weighted by atomic mass is 9.44. The van der Waals surface area contributed by atoms with Crippen LogP contribution in [0.5, 0.6) is 0 Å². The molecule has 0 amide bonds. The topological polar surface area (TPSA) is 37.3 Å². The minimum Gasteiger partial charge on any atom is -0.385 e. The Labute approximate surface area is 191 Å². The fourth-order valence-electron chi connectivity index (χ4n) is 9.18. The van der Waals surface area contributed by atoms with Crippen LogP contribution in [0.4, 0.5) is 0 Å². The second-order valence-corrected chi connectivity index (χ2v) is 12.9. The molecule has 3 saturated carbocycles. The third kappa shape index (κ3) is 3.51. The first-order chi connectivity index (χ1) is 14.4. The average molecular weight is 427 g/mol. The Morgan fingerprint density at radius 2 is 1.87 bits per heavy atom. The normalized spacial score (nSPS) is 44.6. The van der Waals surface area contributed by atoms with Crippen molar-refractivity contribution in [2.75, 3.05) is 0 Å². The minimum absolute atomic E-state index is 0.0196. The molecule has 0 radical (unpaired) electrons. The zero-order chi connectivity index (χ0) is 22.8. The summed E-state index contributed by atoms with van der Waals surface area (Å²) in [4.78, 5) is 12.8. The maximum Gasteiger partial charge on any atom is 0.170 e. The molecule has 174 valence electrons. The Kier molecular flexibility index (Phi) is 5.90. The second-order valence-electron chi connectivity index (χ2n) is 12.9. The Balaban J connectivity index is 1.58. The summed E-state index contributed by atoms with van der Waals surface area (Å²) < 4.78 is 0. The van der Waals surface area contributed by atoms with Gasteiger partial charge < -0.3 is 5.11 Å². The van der Waals surface area contributed by atoms with Crippen LogP contribution < -0.4 is 0 Å². The number of hydrogen-bond acceptors (Lipinski definition) is 2. The summed E-state index contributed by atoms with van der Waals surface area (Å²) in [5.74, 6) is 3.81. The summed E-state index contributed by atoms with van der Waals surface area (Å²) in [6.07, 6.45) is 13.7. The van der Waals surface area contributed by atoms with Gasteiger partial charge in [0.25, 0.3) is 0 Å². The highest BCUT2D eigenvalue weighted by Gasteiger charge is 2.62. The van der Waals surface area contributed by atoms with E-state index in [1.165, 1.54) is 49.7 Å². The van der Waals surface area contributed by atoms with Crippen LogP contribution in [0.15, 0.2) is 23.3 Å². The molecule has 0 spiro atoms. The molecule has 1 N–H and O–H groups in total. The van der Waals surface area contributed by atoms with E-state index in [2.05, 4.69) is 60.6 Å².